The normalized spacial score (nSPS) is 21.9. The highest BCUT2D eigenvalue weighted by atomic mass is 19.2. The van der Waals surface area contributed by atoms with Gasteiger partial charge in [0.2, 0.25) is 0 Å². The van der Waals surface area contributed by atoms with Gasteiger partial charge in [-0.3, -0.25) is 48.4 Å². The number of aliphatic hydroxyl groups excluding tert-OH is 1. The Morgan fingerprint density at radius 3 is 1.31 bits per heavy atom. The van der Waals surface area contributed by atoms with Crippen molar-refractivity contribution in [2.75, 3.05) is 26.2 Å². The van der Waals surface area contributed by atoms with Crippen molar-refractivity contribution in [1.29, 1.82) is 0 Å². The van der Waals surface area contributed by atoms with Crippen molar-refractivity contribution >= 4 is 40.2 Å². The van der Waals surface area contributed by atoms with Gasteiger partial charge in [0.25, 0.3) is 0 Å². The predicted molar refractivity (Wildman–Crippen MR) is 450 cm³/mol. The number of hydrogen-bond acceptors (Lipinski definition) is 17. The molecule has 0 saturated carbocycles. The lowest BCUT2D eigenvalue weighted by molar-refractivity contribution is 0.0472. The fourth-order valence-corrected chi connectivity index (χ4v) is 18.3. The second-order valence-corrected chi connectivity index (χ2v) is 32.3. The monoisotopic (exact) mass is 1710 g/mol. The molecule has 11 atom stereocenters. The quantitative estimate of drug-likeness (QED) is 0.0638. The fraction of sp³-hybridized carbons (Fsp3) is 0.333. The van der Waals surface area contributed by atoms with Gasteiger partial charge in [-0.05, 0) is 201 Å². The number of rotatable bonds is 7. The number of ketones is 1. The molecular formula is C93H93F8N17O7. The minimum absolute atomic E-state index is 0.0697. The molecule has 11 heterocycles. The first-order valence-electron chi connectivity index (χ1n) is 41.8. The summed E-state index contributed by atoms with van der Waals surface area (Å²) in [6.07, 6.45) is 19.8. The zero-order valence-electron chi connectivity index (χ0n) is 68.4. The number of H-pyrrole nitrogens is 2. The number of carbonyl (C=O) groups excluding carboxylic acids is 3. The Kier molecular flexibility index (Phi) is 26.9. The van der Waals surface area contributed by atoms with Crippen LogP contribution >= 0.6 is 0 Å². The molecule has 0 bridgehead atoms. The number of aromatic amines is 2. The third kappa shape index (κ3) is 18.4. The number of hydrogen-bond donors (Lipinski definition) is 6. The third-order valence-electron chi connectivity index (χ3n) is 24.9. The first kappa shape index (κ1) is 87.1. The molecule has 2 saturated heterocycles. The Bertz CT molecular complexity index is 6040. The molecule has 648 valence electrons. The van der Waals surface area contributed by atoms with E-state index in [1.807, 2.05) is 37.3 Å². The summed E-state index contributed by atoms with van der Waals surface area (Å²) in [6, 6.07) is 36.5. The van der Waals surface area contributed by atoms with Crippen LogP contribution in [0.25, 0.3) is 22.3 Å². The Labute approximate surface area is 713 Å². The van der Waals surface area contributed by atoms with Gasteiger partial charge in [0.1, 0.15) is 12.4 Å². The first-order chi connectivity index (χ1) is 60.4. The van der Waals surface area contributed by atoms with E-state index in [0.717, 1.165) is 84.4 Å². The van der Waals surface area contributed by atoms with Gasteiger partial charge in [-0.15, -0.1) is 0 Å². The highest BCUT2D eigenvalue weighted by Gasteiger charge is 2.40. The van der Waals surface area contributed by atoms with Crippen molar-refractivity contribution < 1.29 is 59.4 Å². The molecule has 6 aliphatic rings. The number of imidazole rings is 3. The van der Waals surface area contributed by atoms with E-state index in [0.29, 0.717) is 116 Å². The molecule has 4 aromatic carbocycles. The average molecular weight is 1710 g/mol. The van der Waals surface area contributed by atoms with E-state index in [9.17, 15) is 64.2 Å². The van der Waals surface area contributed by atoms with Gasteiger partial charge in [0.05, 0.1) is 40.1 Å². The Hall–Kier alpha value is -12.8. The lowest BCUT2D eigenvalue weighted by Gasteiger charge is -2.33. The minimum Gasteiger partial charge on any atom is -0.440 e. The molecule has 2 amide bonds. The number of nitrogens with one attached hydrogen (secondary N) is 2. The average Bonchev–Trinajstić information content (AvgIpc) is 1.72. The van der Waals surface area contributed by atoms with Gasteiger partial charge in [-0.25, -0.2) is 69.3 Å². The molecule has 2 aliphatic heterocycles. The van der Waals surface area contributed by atoms with Gasteiger partial charge in [0.15, 0.2) is 63.6 Å². The number of benzene rings is 4. The molecule has 9 N–H and O–H groups in total. The summed E-state index contributed by atoms with van der Waals surface area (Å²) in [4.78, 5) is 102. The molecule has 13 aromatic rings. The van der Waals surface area contributed by atoms with Crippen LogP contribution in [0.1, 0.15) is 241 Å². The lowest BCUT2D eigenvalue weighted by Crippen LogP contribution is -2.42. The van der Waals surface area contributed by atoms with Gasteiger partial charge < -0.3 is 36.8 Å². The number of aromatic nitrogens is 12. The van der Waals surface area contributed by atoms with Gasteiger partial charge in [-0.1, -0.05) is 80.6 Å². The number of halogens is 8. The van der Waals surface area contributed by atoms with E-state index >= 15 is 0 Å². The number of carbonyl (C=O) groups is 3. The van der Waals surface area contributed by atoms with Crippen molar-refractivity contribution in [3.63, 3.8) is 0 Å². The van der Waals surface area contributed by atoms with Crippen LogP contribution in [0.5, 0.6) is 0 Å². The number of likely N-dealkylation sites (tertiary alicyclic amines) is 2. The largest absolute Gasteiger partial charge is 0.440 e. The van der Waals surface area contributed by atoms with Crippen molar-refractivity contribution in [2.45, 2.75) is 169 Å². The number of aliphatic hydroxyl groups is 1. The number of piperidine rings is 2. The highest BCUT2D eigenvalue weighted by molar-refractivity contribution is 6.02. The zero-order chi connectivity index (χ0) is 87.9. The molecule has 0 unspecified atom stereocenters. The van der Waals surface area contributed by atoms with Crippen LogP contribution < -0.4 is 28.6 Å². The third-order valence-corrected chi connectivity index (χ3v) is 24.9. The summed E-state index contributed by atoms with van der Waals surface area (Å²) in [6.45, 7) is 6.16. The van der Waals surface area contributed by atoms with Crippen LogP contribution in [0.15, 0.2) is 211 Å². The molecule has 24 nitrogen and oxygen atoms in total. The maximum atomic E-state index is 14.7. The fourth-order valence-electron chi connectivity index (χ4n) is 18.3. The first-order valence-corrected chi connectivity index (χ1v) is 41.8. The Morgan fingerprint density at radius 1 is 0.416 bits per heavy atom. The second-order valence-electron chi connectivity index (χ2n) is 32.3. The number of amides is 2. The molecule has 0 spiro atoms. The molecule has 4 aliphatic carbocycles. The van der Waals surface area contributed by atoms with E-state index < -0.39 is 88.8 Å². The number of fused-ring (bicyclic) bond motifs is 6. The molecule has 0 radical (unpaired) electrons. The molecule has 9 aromatic heterocycles. The summed E-state index contributed by atoms with van der Waals surface area (Å²) < 4.78 is 122. The van der Waals surface area contributed by atoms with E-state index in [2.05, 4.69) is 51.8 Å². The summed E-state index contributed by atoms with van der Waals surface area (Å²) >= 11 is 0. The number of nitrogens with two attached hydrogens (primary N) is 3. The predicted octanol–water partition coefficient (Wildman–Crippen LogP) is 17.0. The van der Waals surface area contributed by atoms with Crippen LogP contribution in [0, 0.1) is 46.5 Å². The summed E-state index contributed by atoms with van der Waals surface area (Å²) in [5.41, 5.74) is 28.1. The second kappa shape index (κ2) is 38.5. The molecule has 2 fully saturated rings. The summed E-state index contributed by atoms with van der Waals surface area (Å²) in [5.74, 6) is -8.54. The maximum Gasteiger partial charge on any atom is 0.410 e. The van der Waals surface area contributed by atoms with Crippen LogP contribution in [-0.4, -0.2) is 118 Å². The van der Waals surface area contributed by atoms with Crippen molar-refractivity contribution in [3.8, 4) is 0 Å². The maximum absolute atomic E-state index is 14.7. The van der Waals surface area contributed by atoms with Crippen LogP contribution in [0.2, 0.25) is 0 Å². The van der Waals surface area contributed by atoms with Gasteiger partial charge >= 0.3 is 23.5 Å². The van der Waals surface area contributed by atoms with Crippen molar-refractivity contribution in [1.82, 2.24) is 68.4 Å². The highest BCUT2D eigenvalue weighted by Crippen LogP contribution is 2.47. The zero-order valence-corrected chi connectivity index (χ0v) is 68.4. The number of ether oxygens (including phenoxy) is 1. The summed E-state index contributed by atoms with van der Waals surface area (Å²) in [5, 5.41) is 10.2. The standard InChI is InChI=1S/C28H28F2N6O3.C17H18F2N2.C17H15F2NO.C16H16F2N2O.C15H16N6O2/c29-20-6-1-4-17(23(20)30)18-8-9-22(25-19(24(18)31)5-2-12-32-25)39-28(38)35-14-10-16(11-15-35)36-21-7-3-13-33-26(21)34-27(36)37;1-10-7-8-12(11-4-2-6-14(18)15(11)19)16(20)13-5-3-9-21-17(10)13;1-10-7-8-12(11-4-2-6-14(18)15(11)19)17(21)13-5-3-9-20-16(10)13;17-12-5-1-3-9(14(12)18)10-6-7-13(21)16-11(15(10)19)4-2-8-20-16;22-14-18-13-12(2-1-5-17-13)21(14)11-3-7-19(8-4-11)15(23)20-9-6-16-10-20/h1-7,12-13,16,18,22,24H,8-11,14-15,31H2,(H,33,34,37);2-6,9-10,12,16H,7-8,20H2,1H3;2-6,9-10,12H,7-8H2,1H3;1-5,8,10,13,15,21H,6-7,19H2;1-2,5-6,9-11H,3-4,7-8H2,(H,17,18,22)/t18-,22+,24-;10-,12+,16+;10-,12+;10-,13+,15-;/m0110./s1. The Morgan fingerprint density at radius 2 is 0.808 bits per heavy atom. The van der Waals surface area contributed by atoms with Gasteiger partial charge in [0, 0.05) is 141 Å². The number of pyridine rings is 6. The topological polar surface area (TPSA) is 336 Å². The number of nitrogens with zero attached hydrogens (tertiary/aromatic N) is 12. The molecule has 32 heteroatoms. The number of Topliss-reactive ketones (excluding diaryl/α,β-unsaturated/α-hetero) is 1. The van der Waals surface area contributed by atoms with E-state index in [4.69, 9.17) is 21.9 Å². The van der Waals surface area contributed by atoms with Gasteiger partial charge in [-0.2, -0.15) is 0 Å². The van der Waals surface area contributed by atoms with E-state index in [1.54, 1.807) is 135 Å². The van der Waals surface area contributed by atoms with Crippen molar-refractivity contribution in [2.24, 2.45) is 17.2 Å². The molecule has 19 rings (SSSR count). The summed E-state index contributed by atoms with van der Waals surface area (Å²) in [7, 11) is 0. The van der Waals surface area contributed by atoms with Crippen LogP contribution in [0.4, 0.5) is 44.7 Å². The SMILES string of the molecule is C[C@@H]1CC[C@@H](c2cccc(F)c2F)C(=O)c2cccnc21.C[C@@H]1CC[C@@H](c2cccc(F)c2F)[C@H](N)c2cccnc21.N[C@@H]1c2cccnc2[C@H](O)CC[C@H]1c1cccc(F)c1F.N[C@@H]1c2cccnc2[C@H](OC(=O)N2CCC(n3c(=O)[nH]c4ncccc43)CC2)CC[C@H]1c1cccc(F)c1F.O=C(N1CCC(n2c(=O)[nH]c3ncccc32)CC1)n1ccnc1. The molecular weight excluding hydrogens is 1620 g/mol. The smallest absolute Gasteiger partial charge is 0.410 e. The van der Waals surface area contributed by atoms with Crippen molar-refractivity contribution in [3.05, 3.63) is 336 Å². The van der Waals surface area contributed by atoms with E-state index in [-0.39, 0.29) is 81.7 Å². The molecule has 125 heavy (non-hydrogen) atoms. The lowest BCUT2D eigenvalue weighted by atomic mass is 9.86. The minimum atomic E-state index is -0.923. The van der Waals surface area contributed by atoms with Crippen LogP contribution in [-0.2, 0) is 4.74 Å². The van der Waals surface area contributed by atoms with E-state index in [1.165, 1.54) is 35.2 Å². The van der Waals surface area contributed by atoms with Crippen LogP contribution in [0.3, 0.4) is 0 Å². The Balaban J connectivity index is 0.000000124.